The molecule has 1 aromatic rings. The summed E-state index contributed by atoms with van der Waals surface area (Å²) in [6.45, 7) is 9.75. The van der Waals surface area contributed by atoms with Gasteiger partial charge in [0.2, 0.25) is 0 Å². The lowest BCUT2D eigenvalue weighted by Gasteiger charge is -2.24. The zero-order valence-electron chi connectivity index (χ0n) is 11.7. The van der Waals surface area contributed by atoms with Gasteiger partial charge in [-0.3, -0.25) is 0 Å². The van der Waals surface area contributed by atoms with Crippen molar-refractivity contribution < 1.29 is 0 Å². The Labute approximate surface area is 106 Å². The van der Waals surface area contributed by atoms with Gasteiger partial charge in [-0.2, -0.15) is 0 Å². The average Bonchev–Trinajstić information content (AvgIpc) is 2.36. The summed E-state index contributed by atoms with van der Waals surface area (Å²) in [5.74, 6) is 1.84. The van der Waals surface area contributed by atoms with Gasteiger partial charge in [0.05, 0.1) is 0 Å². The summed E-state index contributed by atoms with van der Waals surface area (Å²) >= 11 is 0. The van der Waals surface area contributed by atoms with Gasteiger partial charge < -0.3 is 5.73 Å². The minimum Gasteiger partial charge on any atom is -0.330 e. The molecule has 1 atom stereocenters. The van der Waals surface area contributed by atoms with Gasteiger partial charge in [-0.05, 0) is 35.4 Å². The number of hydrogen-bond donors (Lipinski definition) is 1. The lowest BCUT2D eigenvalue weighted by Crippen LogP contribution is -2.20. The molecule has 0 radical (unpaired) electrons. The Morgan fingerprint density at radius 3 is 1.76 bits per heavy atom. The predicted molar refractivity (Wildman–Crippen MR) is 76.4 cm³/mol. The molecule has 0 amide bonds. The van der Waals surface area contributed by atoms with Gasteiger partial charge in [0, 0.05) is 0 Å². The molecule has 2 N–H and O–H groups in total. The van der Waals surface area contributed by atoms with Crippen LogP contribution in [0.3, 0.4) is 0 Å². The molecule has 0 aliphatic carbocycles. The van der Waals surface area contributed by atoms with Crippen LogP contribution < -0.4 is 5.73 Å². The topological polar surface area (TPSA) is 26.0 Å². The van der Waals surface area contributed by atoms with Crippen LogP contribution in [0.5, 0.6) is 0 Å². The molecule has 0 bridgehead atoms. The van der Waals surface area contributed by atoms with E-state index in [0.29, 0.717) is 17.8 Å². The molecule has 0 saturated heterocycles. The molecule has 96 valence electrons. The highest BCUT2D eigenvalue weighted by Crippen LogP contribution is 2.29. The summed E-state index contributed by atoms with van der Waals surface area (Å²) in [4.78, 5) is 0. The summed E-state index contributed by atoms with van der Waals surface area (Å²) in [6.07, 6.45) is 2.43. The van der Waals surface area contributed by atoms with Crippen molar-refractivity contribution in [2.45, 2.75) is 52.4 Å². The molecule has 0 aromatic heterocycles. The van der Waals surface area contributed by atoms with Crippen LogP contribution in [-0.4, -0.2) is 6.54 Å². The second-order valence-electron chi connectivity index (χ2n) is 5.24. The minimum absolute atomic E-state index is 0.520. The number of benzene rings is 1. The van der Waals surface area contributed by atoms with Crippen molar-refractivity contribution in [3.63, 3.8) is 0 Å². The first-order valence-electron chi connectivity index (χ1n) is 6.93. The fourth-order valence-electron chi connectivity index (χ4n) is 2.59. The highest BCUT2D eigenvalue weighted by Gasteiger charge is 2.18. The first-order chi connectivity index (χ1) is 8.13. The van der Waals surface area contributed by atoms with E-state index in [4.69, 9.17) is 5.73 Å². The van der Waals surface area contributed by atoms with E-state index >= 15 is 0 Å². The lowest BCUT2D eigenvalue weighted by atomic mass is 9.82. The van der Waals surface area contributed by atoms with Gasteiger partial charge >= 0.3 is 0 Å². The highest BCUT2D eigenvalue weighted by atomic mass is 14.6. The van der Waals surface area contributed by atoms with E-state index in [0.717, 1.165) is 6.54 Å². The molecule has 1 nitrogen and oxygen atoms in total. The smallest absolute Gasteiger partial charge is 0.000557 e. The fraction of sp³-hybridized carbons (Fsp3) is 0.625. The van der Waals surface area contributed by atoms with E-state index in [1.165, 1.54) is 24.0 Å². The highest BCUT2D eigenvalue weighted by molar-refractivity contribution is 5.27. The van der Waals surface area contributed by atoms with Crippen molar-refractivity contribution in [1.82, 2.24) is 0 Å². The molecule has 1 unspecified atom stereocenters. The Morgan fingerprint density at radius 1 is 0.941 bits per heavy atom. The van der Waals surface area contributed by atoms with Crippen LogP contribution >= 0.6 is 0 Å². The Morgan fingerprint density at radius 2 is 1.41 bits per heavy atom. The minimum atomic E-state index is 0.520. The van der Waals surface area contributed by atoms with Crippen LogP contribution in [0.15, 0.2) is 24.3 Å². The Hall–Kier alpha value is -0.820. The molecule has 0 fully saturated rings. The van der Waals surface area contributed by atoms with Crippen LogP contribution in [0.1, 0.15) is 63.5 Å². The summed E-state index contributed by atoms with van der Waals surface area (Å²) in [6, 6.07) is 9.05. The second-order valence-corrected chi connectivity index (χ2v) is 5.24. The number of nitrogens with two attached hydrogens (primary N) is 1. The summed E-state index contributed by atoms with van der Waals surface area (Å²) in [5, 5.41) is 0. The van der Waals surface area contributed by atoms with Gasteiger partial charge in [0.25, 0.3) is 0 Å². The molecular formula is C16H27N. The largest absolute Gasteiger partial charge is 0.330 e. The molecule has 0 saturated carbocycles. The van der Waals surface area contributed by atoms with E-state index in [1.54, 1.807) is 0 Å². The molecule has 1 aromatic carbocycles. The standard InChI is InChI=1S/C16H27N/c1-5-13(6-2)16(11-17)15-9-7-14(8-10-15)12(3)4/h7-10,12-13,16H,5-6,11,17H2,1-4H3. The first kappa shape index (κ1) is 14.2. The maximum atomic E-state index is 5.95. The van der Waals surface area contributed by atoms with Crippen LogP contribution in [0.2, 0.25) is 0 Å². The van der Waals surface area contributed by atoms with Crippen LogP contribution in [0.4, 0.5) is 0 Å². The van der Waals surface area contributed by atoms with Crippen molar-refractivity contribution in [2.75, 3.05) is 6.54 Å². The van der Waals surface area contributed by atoms with E-state index in [1.807, 2.05) is 0 Å². The Balaban J connectivity index is 2.89. The van der Waals surface area contributed by atoms with Crippen molar-refractivity contribution in [1.29, 1.82) is 0 Å². The zero-order chi connectivity index (χ0) is 12.8. The monoisotopic (exact) mass is 233 g/mol. The second kappa shape index (κ2) is 6.80. The molecule has 0 aliphatic heterocycles. The normalized spacial score (nSPS) is 13.4. The number of hydrogen-bond acceptors (Lipinski definition) is 1. The third-order valence-electron chi connectivity index (χ3n) is 3.90. The number of rotatable bonds is 6. The maximum Gasteiger partial charge on any atom is -0.000557 e. The first-order valence-corrected chi connectivity index (χ1v) is 6.93. The van der Waals surface area contributed by atoms with Gasteiger partial charge in [0.15, 0.2) is 0 Å². The van der Waals surface area contributed by atoms with Gasteiger partial charge in [-0.1, -0.05) is 64.8 Å². The zero-order valence-corrected chi connectivity index (χ0v) is 11.7. The summed E-state index contributed by atoms with van der Waals surface area (Å²) < 4.78 is 0. The summed E-state index contributed by atoms with van der Waals surface area (Å²) in [7, 11) is 0. The van der Waals surface area contributed by atoms with Crippen LogP contribution in [-0.2, 0) is 0 Å². The van der Waals surface area contributed by atoms with Crippen LogP contribution in [0.25, 0.3) is 0 Å². The van der Waals surface area contributed by atoms with E-state index < -0.39 is 0 Å². The third kappa shape index (κ3) is 3.57. The van der Waals surface area contributed by atoms with Crippen molar-refractivity contribution in [2.24, 2.45) is 11.7 Å². The molecule has 1 rings (SSSR count). The Bertz CT molecular complexity index is 309. The average molecular weight is 233 g/mol. The molecule has 0 spiro atoms. The fourth-order valence-corrected chi connectivity index (χ4v) is 2.59. The Kier molecular flexibility index (Phi) is 5.70. The molecule has 0 heterocycles. The molecule has 0 aliphatic rings. The summed E-state index contributed by atoms with van der Waals surface area (Å²) in [5.41, 5.74) is 8.77. The predicted octanol–water partition coefficient (Wildman–Crippen LogP) is 4.29. The van der Waals surface area contributed by atoms with Crippen molar-refractivity contribution in [3.05, 3.63) is 35.4 Å². The van der Waals surface area contributed by atoms with Gasteiger partial charge in [-0.25, -0.2) is 0 Å². The van der Waals surface area contributed by atoms with Crippen molar-refractivity contribution in [3.8, 4) is 0 Å². The van der Waals surface area contributed by atoms with Gasteiger partial charge in [0.1, 0.15) is 0 Å². The SMILES string of the molecule is CCC(CC)C(CN)c1ccc(C(C)C)cc1. The molecular weight excluding hydrogens is 206 g/mol. The lowest BCUT2D eigenvalue weighted by molar-refractivity contribution is 0.402. The molecule has 1 heteroatoms. The van der Waals surface area contributed by atoms with Crippen molar-refractivity contribution >= 4 is 0 Å². The van der Waals surface area contributed by atoms with Crippen LogP contribution in [0, 0.1) is 5.92 Å². The van der Waals surface area contributed by atoms with E-state index in [9.17, 15) is 0 Å². The third-order valence-corrected chi connectivity index (χ3v) is 3.90. The maximum absolute atomic E-state index is 5.95. The van der Waals surface area contributed by atoms with E-state index in [-0.39, 0.29) is 0 Å². The quantitative estimate of drug-likeness (QED) is 0.779. The molecule has 17 heavy (non-hydrogen) atoms. The van der Waals surface area contributed by atoms with E-state index in [2.05, 4.69) is 52.0 Å². The van der Waals surface area contributed by atoms with Gasteiger partial charge in [-0.15, -0.1) is 0 Å².